The van der Waals surface area contributed by atoms with Gasteiger partial charge in [0.05, 0.1) is 45.4 Å². The first-order chi connectivity index (χ1) is 20.3. The van der Waals surface area contributed by atoms with Crippen molar-refractivity contribution in [2.24, 2.45) is 0 Å². The van der Waals surface area contributed by atoms with Crippen LogP contribution in [0.25, 0.3) is 22.2 Å². The van der Waals surface area contributed by atoms with E-state index in [9.17, 15) is 13.2 Å². The van der Waals surface area contributed by atoms with Crippen molar-refractivity contribution >= 4 is 50.1 Å². The number of fused-ring (bicyclic) bond motifs is 1. The third kappa shape index (κ3) is 5.50. The van der Waals surface area contributed by atoms with E-state index in [2.05, 4.69) is 25.6 Å². The van der Waals surface area contributed by atoms with Crippen molar-refractivity contribution in [2.45, 2.75) is 42.7 Å². The van der Waals surface area contributed by atoms with Crippen LogP contribution in [-0.4, -0.2) is 50.3 Å². The summed E-state index contributed by atoms with van der Waals surface area (Å²) in [7, 11) is -3.87. The van der Waals surface area contributed by atoms with Gasteiger partial charge in [-0.05, 0) is 43.9 Å². The fourth-order valence-corrected chi connectivity index (χ4v) is 6.79. The number of halogens is 1. The lowest BCUT2D eigenvalue weighted by Gasteiger charge is -2.30. The standard InChI is InChI=1S/C29H27ClN8O3S/c30-24-16-34-29(36-20-8-6-7-19(13-20)35-28(39)27-32-14-18(31)15-33-27)37-26(24)23-17-38(25-12-5-4-11-22(23)25)42(40,41)21-9-2-1-3-10-21/h1-5,9-12,14-17,19-20H,6-8,13,31H2,(H,35,39)(H,34,36,37). The number of nitrogens with zero attached hydrogens (tertiary/aromatic N) is 5. The van der Waals surface area contributed by atoms with Gasteiger partial charge in [0.1, 0.15) is 0 Å². The Morgan fingerprint density at radius 2 is 1.67 bits per heavy atom. The monoisotopic (exact) mass is 602 g/mol. The van der Waals surface area contributed by atoms with Gasteiger partial charge in [-0.1, -0.05) is 48.0 Å². The molecule has 0 bridgehead atoms. The summed E-state index contributed by atoms with van der Waals surface area (Å²) in [6, 6.07) is 15.4. The number of rotatable bonds is 7. The highest BCUT2D eigenvalue weighted by molar-refractivity contribution is 7.90. The normalized spacial score (nSPS) is 17.2. The number of hydrogen-bond acceptors (Lipinski definition) is 9. The molecule has 1 fully saturated rings. The zero-order valence-electron chi connectivity index (χ0n) is 22.3. The van der Waals surface area contributed by atoms with E-state index in [1.165, 1.54) is 22.6 Å². The number of nitrogen functional groups attached to an aromatic ring is 1. The van der Waals surface area contributed by atoms with Gasteiger partial charge in [0.2, 0.25) is 11.8 Å². The maximum atomic E-state index is 13.6. The molecule has 0 radical (unpaired) electrons. The molecule has 6 rings (SSSR count). The molecule has 0 saturated heterocycles. The van der Waals surface area contributed by atoms with Crippen LogP contribution in [0.4, 0.5) is 11.6 Å². The van der Waals surface area contributed by atoms with E-state index in [1.807, 2.05) is 12.1 Å². The van der Waals surface area contributed by atoms with Crippen LogP contribution in [0.2, 0.25) is 5.02 Å². The van der Waals surface area contributed by atoms with Gasteiger partial charge in [-0.25, -0.2) is 32.3 Å². The van der Waals surface area contributed by atoms with E-state index in [0.29, 0.717) is 40.2 Å². The fourth-order valence-electron chi connectivity index (χ4n) is 5.21. The van der Waals surface area contributed by atoms with Gasteiger partial charge in [-0.2, -0.15) is 0 Å². The minimum atomic E-state index is -3.87. The molecule has 5 aromatic rings. The topological polar surface area (TPSA) is 158 Å². The Morgan fingerprint density at radius 3 is 2.45 bits per heavy atom. The summed E-state index contributed by atoms with van der Waals surface area (Å²) in [4.78, 5) is 29.9. The van der Waals surface area contributed by atoms with E-state index in [1.54, 1.807) is 48.7 Å². The molecular weight excluding hydrogens is 576 g/mol. The largest absolute Gasteiger partial charge is 0.396 e. The van der Waals surface area contributed by atoms with Crippen LogP contribution >= 0.6 is 11.6 Å². The summed E-state index contributed by atoms with van der Waals surface area (Å²) in [5.74, 6) is 0.0712. The van der Waals surface area contributed by atoms with Crippen molar-refractivity contribution in [2.75, 3.05) is 11.1 Å². The third-order valence-electron chi connectivity index (χ3n) is 7.19. The molecule has 3 heterocycles. The average molecular weight is 603 g/mol. The summed E-state index contributed by atoms with van der Waals surface area (Å²) in [5.41, 5.74) is 7.49. The minimum Gasteiger partial charge on any atom is -0.396 e. The molecule has 2 aromatic carbocycles. The number of amides is 1. The summed E-state index contributed by atoms with van der Waals surface area (Å²) < 4.78 is 28.4. The lowest BCUT2D eigenvalue weighted by molar-refractivity contribution is 0.0916. The maximum Gasteiger partial charge on any atom is 0.289 e. The first-order valence-electron chi connectivity index (χ1n) is 13.4. The van der Waals surface area contributed by atoms with Gasteiger partial charge in [-0.15, -0.1) is 0 Å². The van der Waals surface area contributed by atoms with Crippen molar-refractivity contribution < 1.29 is 13.2 Å². The number of anilines is 2. The van der Waals surface area contributed by atoms with Crippen molar-refractivity contribution in [1.82, 2.24) is 29.2 Å². The van der Waals surface area contributed by atoms with Gasteiger partial charge in [0.15, 0.2) is 0 Å². The zero-order valence-corrected chi connectivity index (χ0v) is 23.9. The Kier molecular flexibility index (Phi) is 7.48. The number of aromatic nitrogens is 5. The van der Waals surface area contributed by atoms with Gasteiger partial charge >= 0.3 is 0 Å². The molecule has 3 aromatic heterocycles. The molecule has 11 nitrogen and oxygen atoms in total. The van der Waals surface area contributed by atoms with E-state index < -0.39 is 10.0 Å². The second kappa shape index (κ2) is 11.4. The number of carbonyl (C=O) groups excluding carboxylic acids is 1. The summed E-state index contributed by atoms with van der Waals surface area (Å²) in [6.45, 7) is 0. The van der Waals surface area contributed by atoms with Crippen LogP contribution in [-0.2, 0) is 10.0 Å². The molecular formula is C29H27ClN8O3S. The number of carbonyl (C=O) groups is 1. The van der Waals surface area contributed by atoms with E-state index >= 15 is 0 Å². The highest BCUT2D eigenvalue weighted by Gasteiger charge is 2.26. The molecule has 2 unspecified atom stereocenters. The first-order valence-corrected chi connectivity index (χ1v) is 15.2. The maximum absolute atomic E-state index is 13.6. The van der Waals surface area contributed by atoms with E-state index in [-0.39, 0.29) is 33.7 Å². The minimum absolute atomic E-state index is 0.00906. The number of benzene rings is 2. The second-order valence-corrected chi connectivity index (χ2v) is 12.3. The summed E-state index contributed by atoms with van der Waals surface area (Å²) in [5, 5.41) is 7.35. The van der Waals surface area contributed by atoms with Crippen molar-refractivity contribution in [3.05, 3.63) is 90.2 Å². The summed E-state index contributed by atoms with van der Waals surface area (Å²) >= 11 is 6.58. The molecule has 0 aliphatic heterocycles. The molecule has 2 atom stereocenters. The number of nitrogens with one attached hydrogen (secondary N) is 2. The van der Waals surface area contributed by atoms with Crippen molar-refractivity contribution in [3.8, 4) is 11.3 Å². The van der Waals surface area contributed by atoms with Crippen molar-refractivity contribution in [1.29, 1.82) is 0 Å². The molecule has 4 N–H and O–H groups in total. The van der Waals surface area contributed by atoms with Gasteiger partial charge < -0.3 is 16.4 Å². The molecule has 0 spiro atoms. The molecule has 1 aliphatic rings. The van der Waals surface area contributed by atoms with Gasteiger partial charge in [0.25, 0.3) is 15.9 Å². The molecule has 1 saturated carbocycles. The van der Waals surface area contributed by atoms with Crippen LogP contribution in [0, 0.1) is 0 Å². The van der Waals surface area contributed by atoms with Crippen LogP contribution < -0.4 is 16.4 Å². The number of nitrogens with two attached hydrogens (primary N) is 1. The zero-order chi connectivity index (χ0) is 29.3. The quantitative estimate of drug-likeness (QED) is 0.244. The highest BCUT2D eigenvalue weighted by Crippen LogP contribution is 2.36. The van der Waals surface area contributed by atoms with Crippen LogP contribution in [0.5, 0.6) is 0 Å². The van der Waals surface area contributed by atoms with Crippen LogP contribution in [0.1, 0.15) is 36.3 Å². The molecule has 1 amide bonds. The Hall–Kier alpha value is -4.55. The summed E-state index contributed by atoms with van der Waals surface area (Å²) in [6.07, 6.45) is 9.07. The Bertz CT molecular complexity index is 1860. The Labute approximate surface area is 247 Å². The smallest absolute Gasteiger partial charge is 0.289 e. The Morgan fingerprint density at radius 1 is 0.952 bits per heavy atom. The SMILES string of the molecule is Nc1cnc(C(=O)NC2CCCC(Nc3ncc(Cl)c(-c4cn(S(=O)(=O)c5ccccc5)c5ccccc45)n3)C2)nc1. The van der Waals surface area contributed by atoms with Gasteiger partial charge in [0, 0.05) is 29.2 Å². The number of para-hydroxylation sites is 1. The first kappa shape index (κ1) is 27.6. The molecule has 13 heteroatoms. The van der Waals surface area contributed by atoms with Gasteiger partial charge in [-0.3, -0.25) is 4.79 Å². The second-order valence-electron chi connectivity index (χ2n) is 10.1. The van der Waals surface area contributed by atoms with E-state index in [0.717, 1.165) is 19.3 Å². The highest BCUT2D eigenvalue weighted by atomic mass is 35.5. The fraction of sp³-hybridized carbons (Fsp3) is 0.207. The van der Waals surface area contributed by atoms with E-state index in [4.69, 9.17) is 22.3 Å². The molecule has 42 heavy (non-hydrogen) atoms. The van der Waals surface area contributed by atoms with Crippen molar-refractivity contribution in [3.63, 3.8) is 0 Å². The molecule has 1 aliphatic carbocycles. The predicted molar refractivity (Wildman–Crippen MR) is 161 cm³/mol. The average Bonchev–Trinajstić information content (AvgIpc) is 3.39. The van der Waals surface area contributed by atoms with Crippen LogP contribution in [0.3, 0.4) is 0 Å². The third-order valence-corrected chi connectivity index (χ3v) is 9.16. The van der Waals surface area contributed by atoms with Crippen LogP contribution in [0.15, 0.2) is 84.3 Å². The number of hydrogen-bond donors (Lipinski definition) is 3. The molecule has 214 valence electrons. The lowest BCUT2D eigenvalue weighted by Crippen LogP contribution is -2.42. The predicted octanol–water partition coefficient (Wildman–Crippen LogP) is 4.51. The Balaban J connectivity index is 1.25. The lowest BCUT2D eigenvalue weighted by atomic mass is 9.91.